The van der Waals surface area contributed by atoms with Crippen LogP contribution in [0.2, 0.25) is 0 Å². The number of anilines is 1. The molecular formula is C39H54FN7O4. The lowest BCUT2D eigenvalue weighted by Crippen LogP contribution is -2.61. The number of benzene rings is 1. The zero-order valence-corrected chi connectivity index (χ0v) is 30.3. The van der Waals surface area contributed by atoms with Gasteiger partial charge >= 0.3 is 0 Å². The maximum absolute atomic E-state index is 16.1. The minimum absolute atomic E-state index is 0.0380. The molecule has 3 atom stereocenters. The summed E-state index contributed by atoms with van der Waals surface area (Å²) in [5.41, 5.74) is -0.0300. The van der Waals surface area contributed by atoms with Gasteiger partial charge in [-0.2, -0.15) is 5.10 Å². The predicted molar refractivity (Wildman–Crippen MR) is 191 cm³/mol. The predicted octanol–water partition coefficient (Wildman–Crippen LogP) is 4.06. The van der Waals surface area contributed by atoms with Crippen molar-refractivity contribution in [3.63, 3.8) is 0 Å². The summed E-state index contributed by atoms with van der Waals surface area (Å²) in [6, 6.07) is 5.71. The van der Waals surface area contributed by atoms with Crippen molar-refractivity contribution in [2.75, 3.05) is 45.1 Å². The van der Waals surface area contributed by atoms with Crippen molar-refractivity contribution in [1.29, 1.82) is 0 Å². The highest BCUT2D eigenvalue weighted by atomic mass is 19.1. The van der Waals surface area contributed by atoms with Gasteiger partial charge in [-0.15, -0.1) is 0 Å². The van der Waals surface area contributed by atoms with Gasteiger partial charge in [0.15, 0.2) is 0 Å². The fourth-order valence-electron chi connectivity index (χ4n) is 8.57. The van der Waals surface area contributed by atoms with E-state index in [4.69, 9.17) is 0 Å². The van der Waals surface area contributed by atoms with Crippen LogP contribution >= 0.6 is 0 Å². The number of carbonyl (C=O) groups is 4. The maximum atomic E-state index is 16.1. The van der Waals surface area contributed by atoms with Gasteiger partial charge in [-0.3, -0.25) is 19.1 Å². The van der Waals surface area contributed by atoms with Crippen LogP contribution in [-0.2, 0) is 20.9 Å². The van der Waals surface area contributed by atoms with Gasteiger partial charge in [0.2, 0.25) is 11.8 Å². The quantitative estimate of drug-likeness (QED) is 0.212. The highest BCUT2D eigenvalue weighted by molar-refractivity contribution is 5.95. The number of aldehydes is 1. The molecule has 3 N–H and O–H groups in total. The molecule has 11 nitrogen and oxygen atoms in total. The Morgan fingerprint density at radius 1 is 0.961 bits per heavy atom. The van der Waals surface area contributed by atoms with Gasteiger partial charge in [0.1, 0.15) is 29.4 Å². The average Bonchev–Trinajstić information content (AvgIpc) is 3.91. The fourth-order valence-corrected chi connectivity index (χ4v) is 8.57. The molecule has 0 radical (unpaired) electrons. The highest BCUT2D eigenvalue weighted by Crippen LogP contribution is 2.53. The molecule has 4 aliphatic carbocycles. The molecule has 0 spiro atoms. The SMILES string of the molecule is CCn1nccc1C(=O)NC(C=O)(CNc1ccc([C@H](C)[C@@H](NC(=O)C(C2CC2)C2CC2)C(=O)N2CCN(C)CC2)cc1F)C(C1CC1)C1CC1. The summed E-state index contributed by atoms with van der Waals surface area (Å²) in [4.78, 5) is 58.5. The van der Waals surface area contributed by atoms with E-state index in [9.17, 15) is 19.2 Å². The van der Waals surface area contributed by atoms with Gasteiger partial charge < -0.3 is 30.5 Å². The maximum Gasteiger partial charge on any atom is 0.270 e. The number of halogens is 1. The number of likely N-dealkylation sites (N-methyl/N-ethyl adjacent to an activating group) is 1. The first kappa shape index (κ1) is 35.6. The third-order valence-corrected chi connectivity index (χ3v) is 12.2. The van der Waals surface area contributed by atoms with E-state index in [2.05, 4.69) is 25.9 Å². The Hall–Kier alpha value is -3.80. The largest absolute Gasteiger partial charge is 0.380 e. The number of amides is 3. The average molecular weight is 704 g/mol. The van der Waals surface area contributed by atoms with E-state index < -0.39 is 23.3 Å². The molecule has 1 aromatic heterocycles. The second-order valence-corrected chi connectivity index (χ2v) is 16.0. The zero-order valence-electron chi connectivity index (χ0n) is 30.3. The number of aromatic nitrogens is 2. The van der Waals surface area contributed by atoms with Crippen molar-refractivity contribution in [3.8, 4) is 0 Å². The molecule has 1 saturated heterocycles. The molecule has 276 valence electrons. The number of aryl methyl sites for hydroxylation is 1. The summed E-state index contributed by atoms with van der Waals surface area (Å²) in [7, 11) is 2.03. The Bertz CT molecular complexity index is 1580. The van der Waals surface area contributed by atoms with E-state index >= 15 is 4.39 Å². The number of hydrogen-bond donors (Lipinski definition) is 3. The molecule has 12 heteroatoms. The van der Waals surface area contributed by atoms with Crippen LogP contribution in [-0.4, -0.2) is 94.9 Å². The van der Waals surface area contributed by atoms with Gasteiger partial charge in [-0.25, -0.2) is 4.39 Å². The fraction of sp³-hybridized carbons (Fsp3) is 0.667. The third kappa shape index (κ3) is 7.85. The highest BCUT2D eigenvalue weighted by Gasteiger charge is 2.54. The molecule has 1 unspecified atom stereocenters. The molecule has 1 aromatic carbocycles. The van der Waals surface area contributed by atoms with Crippen LogP contribution in [0, 0.1) is 41.3 Å². The van der Waals surface area contributed by atoms with Crippen molar-refractivity contribution in [2.45, 2.75) is 89.3 Å². The van der Waals surface area contributed by atoms with Crippen molar-refractivity contribution in [3.05, 3.63) is 47.5 Å². The summed E-state index contributed by atoms with van der Waals surface area (Å²) < 4.78 is 17.7. The second kappa shape index (κ2) is 14.7. The number of piperazine rings is 1. The summed E-state index contributed by atoms with van der Waals surface area (Å²) in [5, 5.41) is 13.7. The second-order valence-electron chi connectivity index (χ2n) is 16.0. The molecule has 2 aromatic rings. The monoisotopic (exact) mass is 703 g/mol. The number of nitrogens with zero attached hydrogens (tertiary/aromatic N) is 4. The summed E-state index contributed by atoms with van der Waals surface area (Å²) in [6.45, 7) is 7.02. The summed E-state index contributed by atoms with van der Waals surface area (Å²) in [5.74, 6) is -0.194. The normalized spacial score (nSPS) is 22.0. The Morgan fingerprint density at radius 3 is 2.14 bits per heavy atom. The van der Waals surface area contributed by atoms with Crippen LogP contribution in [0.25, 0.3) is 0 Å². The van der Waals surface area contributed by atoms with Crippen LogP contribution in [0.15, 0.2) is 30.5 Å². The lowest BCUT2D eigenvalue weighted by molar-refractivity contribution is -0.139. The third-order valence-electron chi connectivity index (χ3n) is 12.2. The minimum atomic E-state index is -1.23. The lowest BCUT2D eigenvalue weighted by Gasteiger charge is -2.38. The molecule has 7 rings (SSSR count). The molecular weight excluding hydrogens is 649 g/mol. The summed E-state index contributed by atoms with van der Waals surface area (Å²) >= 11 is 0. The van der Waals surface area contributed by atoms with Crippen molar-refractivity contribution in [1.82, 2.24) is 30.2 Å². The Morgan fingerprint density at radius 2 is 1.59 bits per heavy atom. The van der Waals surface area contributed by atoms with Crippen LogP contribution in [0.5, 0.6) is 0 Å². The molecule has 3 amide bonds. The van der Waals surface area contributed by atoms with Gasteiger partial charge in [-0.1, -0.05) is 13.0 Å². The van der Waals surface area contributed by atoms with Crippen LogP contribution in [0.4, 0.5) is 10.1 Å². The Balaban J connectivity index is 1.10. The topological polar surface area (TPSA) is 129 Å². The van der Waals surface area contributed by atoms with Crippen LogP contribution in [0.3, 0.4) is 0 Å². The standard InChI is InChI=1S/C39H54FN7O4/c1-4-47-32(15-16-42-47)36(49)44-39(23-48,34(27-9-10-27)28-11-12-28)22-41-31-14-13-29(21-30(31)40)24(2)35(38(51)46-19-17-45(3)18-20-46)43-37(50)33(25-5-6-25)26-7-8-26/h13-16,21,23-28,33-35,41H,4-12,17-20,22H2,1-3H3,(H,43,50)(H,44,49)/t24-,35+,39?/m0/s1. The zero-order chi connectivity index (χ0) is 35.9. The molecule has 5 aliphatic rings. The minimum Gasteiger partial charge on any atom is -0.380 e. The first-order valence-electron chi connectivity index (χ1n) is 19.2. The van der Waals surface area contributed by atoms with E-state index in [-0.39, 0.29) is 41.8 Å². The first-order chi connectivity index (χ1) is 24.6. The molecule has 51 heavy (non-hydrogen) atoms. The first-order valence-corrected chi connectivity index (χ1v) is 19.2. The summed E-state index contributed by atoms with van der Waals surface area (Å²) in [6.07, 6.45) is 10.7. The van der Waals surface area contributed by atoms with E-state index in [1.54, 1.807) is 29.1 Å². The van der Waals surface area contributed by atoms with Gasteiger partial charge in [0, 0.05) is 57.3 Å². The smallest absolute Gasteiger partial charge is 0.270 e. The van der Waals surface area contributed by atoms with Gasteiger partial charge in [0.05, 0.1) is 5.69 Å². The van der Waals surface area contributed by atoms with Crippen LogP contribution in [0.1, 0.15) is 87.2 Å². The number of hydrogen-bond acceptors (Lipinski definition) is 7. The van der Waals surface area contributed by atoms with E-state index in [0.717, 1.165) is 70.7 Å². The lowest BCUT2D eigenvalue weighted by atomic mass is 9.77. The van der Waals surface area contributed by atoms with Crippen molar-refractivity contribution < 1.29 is 23.6 Å². The van der Waals surface area contributed by atoms with E-state index in [0.29, 0.717) is 54.6 Å². The Kier molecular flexibility index (Phi) is 10.2. The van der Waals surface area contributed by atoms with Gasteiger partial charge in [0.25, 0.3) is 5.91 Å². The van der Waals surface area contributed by atoms with Crippen molar-refractivity contribution in [2.24, 2.45) is 35.5 Å². The number of nitrogens with one attached hydrogen (secondary N) is 3. The van der Waals surface area contributed by atoms with Gasteiger partial charge in [-0.05, 0) is 119 Å². The molecule has 1 aliphatic heterocycles. The molecule has 4 saturated carbocycles. The number of rotatable bonds is 17. The molecule has 0 bridgehead atoms. The Labute approximate surface area is 300 Å². The van der Waals surface area contributed by atoms with E-state index in [1.807, 2.05) is 25.8 Å². The van der Waals surface area contributed by atoms with E-state index in [1.165, 1.54) is 6.07 Å². The number of carbonyl (C=O) groups excluding carboxylic acids is 4. The van der Waals surface area contributed by atoms with Crippen LogP contribution < -0.4 is 16.0 Å². The molecule has 5 fully saturated rings. The molecule has 2 heterocycles. The van der Waals surface area contributed by atoms with Crippen molar-refractivity contribution >= 4 is 29.7 Å².